The quantitative estimate of drug-likeness (QED) is 0.732. The van der Waals surface area contributed by atoms with E-state index < -0.39 is 10.0 Å². The van der Waals surface area contributed by atoms with E-state index in [4.69, 9.17) is 0 Å². The Morgan fingerprint density at radius 2 is 1.70 bits per heavy atom. The molecule has 0 aliphatic carbocycles. The van der Waals surface area contributed by atoms with Crippen molar-refractivity contribution >= 4 is 21.6 Å². The van der Waals surface area contributed by atoms with Gasteiger partial charge >= 0.3 is 0 Å². The maximum absolute atomic E-state index is 12.6. The van der Waals surface area contributed by atoms with Crippen molar-refractivity contribution in [1.82, 2.24) is 9.62 Å². The second kappa shape index (κ2) is 9.62. The van der Waals surface area contributed by atoms with Gasteiger partial charge in [-0.15, -0.1) is 0 Å². The Bertz CT molecular complexity index is 937. The molecule has 0 aromatic heterocycles. The summed E-state index contributed by atoms with van der Waals surface area (Å²) in [7, 11) is -2.27. The van der Waals surface area contributed by atoms with Crippen LogP contribution in [0.4, 0.5) is 5.69 Å². The number of likely N-dealkylation sites (N-methyl/N-ethyl adjacent to an activating group) is 1. The lowest BCUT2D eigenvalue weighted by molar-refractivity contribution is -0.121. The zero-order valence-corrected chi connectivity index (χ0v) is 18.7. The van der Waals surface area contributed by atoms with Gasteiger partial charge in [-0.2, -0.15) is 4.31 Å². The van der Waals surface area contributed by atoms with Gasteiger partial charge in [-0.1, -0.05) is 37.3 Å². The molecule has 1 amide bonds. The molecule has 0 spiro atoms. The number of hydrogen-bond acceptors (Lipinski definition) is 4. The second-order valence-corrected chi connectivity index (χ2v) is 10.2. The van der Waals surface area contributed by atoms with E-state index in [2.05, 4.69) is 29.3 Å². The van der Waals surface area contributed by atoms with Crippen LogP contribution in [-0.2, 0) is 14.8 Å². The van der Waals surface area contributed by atoms with Gasteiger partial charge in [-0.3, -0.25) is 4.79 Å². The highest BCUT2D eigenvalue weighted by Crippen LogP contribution is 2.24. The summed E-state index contributed by atoms with van der Waals surface area (Å²) in [4.78, 5) is 15.0. The van der Waals surface area contributed by atoms with E-state index in [1.165, 1.54) is 37.7 Å². The topological polar surface area (TPSA) is 69.7 Å². The predicted octanol–water partition coefficient (Wildman–Crippen LogP) is 3.42. The van der Waals surface area contributed by atoms with E-state index in [1.807, 2.05) is 19.1 Å². The van der Waals surface area contributed by atoms with Crippen molar-refractivity contribution in [3.8, 4) is 0 Å². The summed E-state index contributed by atoms with van der Waals surface area (Å²) in [5, 5.41) is 2.90. The molecular weight excluding hydrogens is 398 g/mol. The first-order chi connectivity index (χ1) is 14.3. The van der Waals surface area contributed by atoms with Gasteiger partial charge in [0.15, 0.2) is 0 Å². The van der Waals surface area contributed by atoms with Crippen LogP contribution in [0.1, 0.15) is 38.3 Å². The molecule has 0 saturated carbocycles. The Morgan fingerprint density at radius 1 is 1.10 bits per heavy atom. The van der Waals surface area contributed by atoms with Gasteiger partial charge in [0.2, 0.25) is 15.9 Å². The first-order valence-electron chi connectivity index (χ1n) is 10.4. The first kappa shape index (κ1) is 22.3. The number of sulfonamides is 1. The lowest BCUT2D eigenvalue weighted by Gasteiger charge is -2.32. The molecule has 0 radical (unpaired) electrons. The van der Waals surface area contributed by atoms with Gasteiger partial charge in [0.25, 0.3) is 0 Å². The van der Waals surface area contributed by atoms with E-state index in [1.54, 1.807) is 18.2 Å². The number of anilines is 1. The van der Waals surface area contributed by atoms with E-state index in [-0.39, 0.29) is 23.4 Å². The Balaban J connectivity index is 1.56. The van der Waals surface area contributed by atoms with Gasteiger partial charge in [0.05, 0.1) is 17.5 Å². The van der Waals surface area contributed by atoms with Gasteiger partial charge in [0, 0.05) is 25.8 Å². The van der Waals surface area contributed by atoms with Crippen LogP contribution in [0.15, 0.2) is 59.5 Å². The van der Waals surface area contributed by atoms with Crippen molar-refractivity contribution in [2.24, 2.45) is 5.92 Å². The Morgan fingerprint density at radius 3 is 2.30 bits per heavy atom. The zero-order valence-electron chi connectivity index (χ0n) is 17.9. The molecule has 1 unspecified atom stereocenters. The van der Waals surface area contributed by atoms with Crippen LogP contribution in [0.2, 0.25) is 0 Å². The first-order valence-corrected chi connectivity index (χ1v) is 11.9. The summed E-state index contributed by atoms with van der Waals surface area (Å²) in [5.74, 6) is 0.457. The fourth-order valence-corrected chi connectivity index (χ4v) is 4.82. The van der Waals surface area contributed by atoms with E-state index in [0.29, 0.717) is 0 Å². The fourth-order valence-electron chi connectivity index (χ4n) is 3.67. The summed E-state index contributed by atoms with van der Waals surface area (Å²) in [6.07, 6.45) is 2.43. The molecule has 6 nitrogen and oxygen atoms in total. The third kappa shape index (κ3) is 5.40. The lowest BCUT2D eigenvalue weighted by atomic mass is 9.98. The Kier molecular flexibility index (Phi) is 7.15. The van der Waals surface area contributed by atoms with Gasteiger partial charge in [-0.25, -0.2) is 8.42 Å². The molecule has 1 aliphatic rings. The molecule has 30 heavy (non-hydrogen) atoms. The van der Waals surface area contributed by atoms with Gasteiger partial charge in [-0.05, 0) is 55.5 Å². The fraction of sp³-hybridized carbons (Fsp3) is 0.435. The minimum absolute atomic E-state index is 0.177. The molecule has 3 rings (SSSR count). The van der Waals surface area contributed by atoms with Crippen molar-refractivity contribution in [2.45, 2.75) is 37.6 Å². The molecule has 1 aliphatic heterocycles. The van der Waals surface area contributed by atoms with Crippen molar-refractivity contribution in [1.29, 1.82) is 0 Å². The normalized spacial score (nSPS) is 16.5. The summed E-state index contributed by atoms with van der Waals surface area (Å²) < 4.78 is 26.2. The molecule has 1 N–H and O–H groups in total. The molecule has 1 atom stereocenters. The van der Waals surface area contributed by atoms with E-state index >= 15 is 0 Å². The number of benzene rings is 2. The largest absolute Gasteiger partial charge is 0.372 e. The lowest BCUT2D eigenvalue weighted by Crippen LogP contribution is -2.39. The number of nitrogens with one attached hydrogen (secondary N) is 1. The second-order valence-electron chi connectivity index (χ2n) is 8.12. The van der Waals surface area contributed by atoms with Crippen LogP contribution in [0.5, 0.6) is 0 Å². The number of carbonyl (C=O) groups is 1. The monoisotopic (exact) mass is 429 g/mol. The summed E-state index contributed by atoms with van der Waals surface area (Å²) in [6, 6.07) is 16.2. The highest BCUT2D eigenvalue weighted by Gasteiger charge is 2.23. The predicted molar refractivity (Wildman–Crippen MR) is 120 cm³/mol. The minimum atomic E-state index is -3.69. The smallest absolute Gasteiger partial charge is 0.243 e. The van der Waals surface area contributed by atoms with Gasteiger partial charge in [0.1, 0.15) is 0 Å². The van der Waals surface area contributed by atoms with Crippen LogP contribution in [-0.4, -0.2) is 45.3 Å². The van der Waals surface area contributed by atoms with E-state index in [9.17, 15) is 13.2 Å². The maximum Gasteiger partial charge on any atom is 0.243 e. The Hall–Kier alpha value is -2.38. The standard InChI is InChI=1S/C23H31N3O3S/c1-18-13-15-26(16-14-18)21-11-9-20(10-12-21)19(2)24-23(27)17-25(3)30(28,29)22-7-5-4-6-8-22/h4-12,18-19H,13-17H2,1-3H3,(H,24,27). The van der Waals surface area contributed by atoms with E-state index in [0.717, 1.165) is 28.9 Å². The van der Waals surface area contributed by atoms with Crippen LogP contribution in [0.3, 0.4) is 0 Å². The summed E-state index contributed by atoms with van der Waals surface area (Å²) >= 11 is 0. The van der Waals surface area contributed by atoms with Crippen LogP contribution in [0.25, 0.3) is 0 Å². The molecule has 2 aromatic rings. The molecule has 1 saturated heterocycles. The van der Waals surface area contributed by atoms with Crippen molar-refractivity contribution in [3.63, 3.8) is 0 Å². The highest BCUT2D eigenvalue weighted by atomic mass is 32.2. The maximum atomic E-state index is 12.6. The average Bonchev–Trinajstić information content (AvgIpc) is 2.75. The summed E-state index contributed by atoms with van der Waals surface area (Å²) in [5.41, 5.74) is 2.20. The number of nitrogens with zero attached hydrogens (tertiary/aromatic N) is 2. The third-order valence-corrected chi connectivity index (χ3v) is 7.55. The van der Waals surface area contributed by atoms with Crippen LogP contribution >= 0.6 is 0 Å². The molecule has 2 aromatic carbocycles. The third-order valence-electron chi connectivity index (χ3n) is 5.74. The average molecular weight is 430 g/mol. The Labute approximate surface area is 179 Å². The number of piperidine rings is 1. The number of carbonyl (C=O) groups excluding carboxylic acids is 1. The molecule has 1 heterocycles. The van der Waals surface area contributed by atoms with Crippen molar-refractivity contribution in [2.75, 3.05) is 31.6 Å². The molecule has 162 valence electrons. The number of amides is 1. The van der Waals surface area contributed by atoms with Crippen molar-refractivity contribution in [3.05, 3.63) is 60.2 Å². The van der Waals surface area contributed by atoms with Crippen molar-refractivity contribution < 1.29 is 13.2 Å². The zero-order chi connectivity index (χ0) is 21.7. The van der Waals surface area contributed by atoms with Gasteiger partial charge < -0.3 is 10.2 Å². The number of hydrogen-bond donors (Lipinski definition) is 1. The number of rotatable bonds is 7. The SMILES string of the molecule is CC1CCN(c2ccc(C(C)NC(=O)CN(C)S(=O)(=O)c3ccccc3)cc2)CC1. The molecular formula is C23H31N3O3S. The highest BCUT2D eigenvalue weighted by molar-refractivity contribution is 7.89. The molecule has 1 fully saturated rings. The minimum Gasteiger partial charge on any atom is -0.372 e. The summed E-state index contributed by atoms with van der Waals surface area (Å²) in [6.45, 7) is 6.13. The van der Waals surface area contributed by atoms with Crippen LogP contribution < -0.4 is 10.2 Å². The van der Waals surface area contributed by atoms with Crippen LogP contribution in [0, 0.1) is 5.92 Å². The molecule has 0 bridgehead atoms. The molecule has 7 heteroatoms.